The maximum atomic E-state index is 10.5. The summed E-state index contributed by atoms with van der Waals surface area (Å²) in [6.07, 6.45) is 8.67. The maximum Gasteiger partial charge on any atom is 0.243 e. The summed E-state index contributed by atoms with van der Waals surface area (Å²) >= 11 is 0. The standard InChI is InChI=1S/C12H14N2O2/c1-4-5-6-12-10(3)11(8-13-12)7-9(2)14(15)16/h4-8,13H,1H2,2-3H3/b6-5-,9-7-. The van der Waals surface area contributed by atoms with Crippen LogP contribution < -0.4 is 0 Å². The van der Waals surface area contributed by atoms with E-state index >= 15 is 0 Å². The van der Waals surface area contributed by atoms with Gasteiger partial charge in [-0.3, -0.25) is 10.1 Å². The number of hydrogen-bond acceptors (Lipinski definition) is 2. The summed E-state index contributed by atoms with van der Waals surface area (Å²) in [4.78, 5) is 13.1. The molecule has 0 fully saturated rings. The van der Waals surface area contributed by atoms with Gasteiger partial charge in [-0.05, 0) is 18.6 Å². The number of hydrogen-bond donors (Lipinski definition) is 1. The minimum absolute atomic E-state index is 0.126. The monoisotopic (exact) mass is 218 g/mol. The molecule has 84 valence electrons. The van der Waals surface area contributed by atoms with Crippen molar-refractivity contribution >= 4 is 12.2 Å². The van der Waals surface area contributed by atoms with Crippen LogP contribution in [0.25, 0.3) is 12.2 Å². The Bertz CT molecular complexity index is 467. The van der Waals surface area contributed by atoms with Gasteiger partial charge in [0.2, 0.25) is 5.70 Å². The van der Waals surface area contributed by atoms with Crippen LogP contribution in [0.15, 0.2) is 30.6 Å². The second kappa shape index (κ2) is 5.11. The lowest BCUT2D eigenvalue weighted by atomic mass is 10.1. The fourth-order valence-corrected chi connectivity index (χ4v) is 1.29. The Morgan fingerprint density at radius 3 is 2.88 bits per heavy atom. The molecule has 4 nitrogen and oxygen atoms in total. The van der Waals surface area contributed by atoms with Gasteiger partial charge < -0.3 is 4.98 Å². The van der Waals surface area contributed by atoms with Crippen LogP contribution in [0.2, 0.25) is 0 Å². The van der Waals surface area contributed by atoms with Gasteiger partial charge >= 0.3 is 0 Å². The number of aromatic nitrogens is 1. The number of rotatable bonds is 4. The van der Waals surface area contributed by atoms with Crippen molar-refractivity contribution in [1.82, 2.24) is 4.98 Å². The number of nitrogens with one attached hydrogen (secondary N) is 1. The van der Waals surface area contributed by atoms with Gasteiger partial charge in [-0.15, -0.1) is 0 Å². The molecular weight excluding hydrogens is 204 g/mol. The average Bonchev–Trinajstić information content (AvgIpc) is 2.57. The predicted octanol–water partition coefficient (Wildman–Crippen LogP) is 3.16. The predicted molar refractivity (Wildman–Crippen MR) is 65.4 cm³/mol. The van der Waals surface area contributed by atoms with E-state index in [1.165, 1.54) is 6.92 Å². The zero-order chi connectivity index (χ0) is 12.1. The lowest BCUT2D eigenvalue weighted by molar-refractivity contribution is -0.422. The van der Waals surface area contributed by atoms with Gasteiger partial charge in [-0.1, -0.05) is 18.7 Å². The number of H-pyrrole nitrogens is 1. The number of aromatic amines is 1. The first kappa shape index (κ1) is 12.0. The quantitative estimate of drug-likeness (QED) is 0.479. The van der Waals surface area contributed by atoms with Crippen LogP contribution in [0.3, 0.4) is 0 Å². The van der Waals surface area contributed by atoms with E-state index in [0.29, 0.717) is 0 Å². The van der Waals surface area contributed by atoms with E-state index in [4.69, 9.17) is 0 Å². The van der Waals surface area contributed by atoms with Gasteiger partial charge in [0.25, 0.3) is 0 Å². The van der Waals surface area contributed by atoms with Gasteiger partial charge in [-0.25, -0.2) is 0 Å². The van der Waals surface area contributed by atoms with E-state index < -0.39 is 4.92 Å². The summed E-state index contributed by atoms with van der Waals surface area (Å²) in [7, 11) is 0. The van der Waals surface area contributed by atoms with Crippen molar-refractivity contribution in [3.63, 3.8) is 0 Å². The SMILES string of the molecule is C=C/C=C\c1[nH]cc(/C=C(/C)[N+](=O)[O-])c1C. The topological polar surface area (TPSA) is 58.9 Å². The van der Waals surface area contributed by atoms with Crippen LogP contribution >= 0.6 is 0 Å². The van der Waals surface area contributed by atoms with Gasteiger partial charge in [0.05, 0.1) is 4.92 Å². The molecular formula is C12H14N2O2. The molecule has 0 amide bonds. The van der Waals surface area contributed by atoms with E-state index in [0.717, 1.165) is 16.8 Å². The summed E-state index contributed by atoms with van der Waals surface area (Å²) in [5.41, 5.74) is 2.88. The molecule has 16 heavy (non-hydrogen) atoms. The van der Waals surface area contributed by atoms with E-state index in [1.807, 2.05) is 19.1 Å². The summed E-state index contributed by atoms with van der Waals surface area (Å²) < 4.78 is 0. The van der Waals surface area contributed by atoms with Gasteiger partial charge in [0.15, 0.2) is 0 Å². The first-order chi connectivity index (χ1) is 7.56. The van der Waals surface area contributed by atoms with Crippen molar-refractivity contribution in [3.05, 3.63) is 57.6 Å². The molecule has 0 saturated carbocycles. The Kier molecular flexibility index (Phi) is 3.83. The largest absolute Gasteiger partial charge is 0.361 e. The number of allylic oxidation sites excluding steroid dienone is 3. The fourth-order valence-electron chi connectivity index (χ4n) is 1.29. The molecule has 0 radical (unpaired) electrons. The highest BCUT2D eigenvalue weighted by Gasteiger charge is 2.07. The van der Waals surface area contributed by atoms with E-state index in [9.17, 15) is 10.1 Å². The highest BCUT2D eigenvalue weighted by molar-refractivity contribution is 5.62. The Balaban J connectivity index is 3.05. The third kappa shape index (κ3) is 2.70. The van der Waals surface area contributed by atoms with E-state index in [2.05, 4.69) is 11.6 Å². The van der Waals surface area contributed by atoms with Crippen molar-refractivity contribution in [2.75, 3.05) is 0 Å². The molecule has 1 aromatic heterocycles. The zero-order valence-corrected chi connectivity index (χ0v) is 9.36. The van der Waals surface area contributed by atoms with Gasteiger partial charge in [-0.2, -0.15) is 0 Å². The summed E-state index contributed by atoms with van der Waals surface area (Å²) in [6.45, 7) is 6.97. The fraction of sp³-hybridized carbons (Fsp3) is 0.167. The summed E-state index contributed by atoms with van der Waals surface area (Å²) in [5, 5.41) is 10.5. The normalized spacial score (nSPS) is 12.0. The first-order valence-corrected chi connectivity index (χ1v) is 4.86. The summed E-state index contributed by atoms with van der Waals surface area (Å²) in [5.74, 6) is 0. The maximum absolute atomic E-state index is 10.5. The van der Waals surface area contributed by atoms with Crippen molar-refractivity contribution in [2.45, 2.75) is 13.8 Å². The molecule has 0 saturated heterocycles. The molecule has 0 aliphatic carbocycles. The lowest BCUT2D eigenvalue weighted by Crippen LogP contribution is -1.92. The van der Waals surface area contributed by atoms with E-state index in [1.54, 1.807) is 18.3 Å². The van der Waals surface area contributed by atoms with Crippen molar-refractivity contribution in [3.8, 4) is 0 Å². The van der Waals surface area contributed by atoms with Gasteiger partial charge in [0.1, 0.15) is 0 Å². The van der Waals surface area contributed by atoms with Crippen molar-refractivity contribution < 1.29 is 4.92 Å². The molecule has 0 bridgehead atoms. The Morgan fingerprint density at radius 2 is 2.31 bits per heavy atom. The van der Waals surface area contributed by atoms with Crippen LogP contribution in [0, 0.1) is 17.0 Å². The molecule has 1 rings (SSSR count). The van der Waals surface area contributed by atoms with Gasteiger partial charge in [0, 0.05) is 30.5 Å². The van der Waals surface area contributed by atoms with E-state index in [-0.39, 0.29) is 5.70 Å². The number of nitro groups is 1. The highest BCUT2D eigenvalue weighted by Crippen LogP contribution is 2.17. The molecule has 0 unspecified atom stereocenters. The minimum Gasteiger partial charge on any atom is -0.361 e. The third-order valence-corrected chi connectivity index (χ3v) is 2.27. The molecule has 0 aliphatic heterocycles. The second-order valence-electron chi connectivity index (χ2n) is 3.42. The first-order valence-electron chi connectivity index (χ1n) is 4.86. The molecule has 0 atom stereocenters. The average molecular weight is 218 g/mol. The lowest BCUT2D eigenvalue weighted by Gasteiger charge is -1.93. The van der Waals surface area contributed by atoms with Crippen LogP contribution in [0.1, 0.15) is 23.7 Å². The third-order valence-electron chi connectivity index (χ3n) is 2.27. The molecule has 0 spiro atoms. The molecule has 1 N–H and O–H groups in total. The van der Waals surface area contributed by atoms with Crippen LogP contribution in [0.5, 0.6) is 0 Å². The minimum atomic E-state index is -0.397. The van der Waals surface area contributed by atoms with Crippen LogP contribution in [0.4, 0.5) is 0 Å². The molecule has 4 heteroatoms. The van der Waals surface area contributed by atoms with Crippen molar-refractivity contribution in [2.24, 2.45) is 0 Å². The Labute approximate surface area is 94.1 Å². The highest BCUT2D eigenvalue weighted by atomic mass is 16.6. The zero-order valence-electron chi connectivity index (χ0n) is 9.36. The Hall–Kier alpha value is -2.10. The second-order valence-corrected chi connectivity index (χ2v) is 3.42. The number of nitrogens with zero attached hydrogens (tertiary/aromatic N) is 1. The molecule has 0 aromatic carbocycles. The molecule has 1 heterocycles. The van der Waals surface area contributed by atoms with Crippen LogP contribution in [-0.2, 0) is 0 Å². The van der Waals surface area contributed by atoms with Crippen LogP contribution in [-0.4, -0.2) is 9.91 Å². The molecule has 1 aromatic rings. The smallest absolute Gasteiger partial charge is 0.243 e. The molecule has 0 aliphatic rings. The Morgan fingerprint density at radius 1 is 1.62 bits per heavy atom. The summed E-state index contributed by atoms with van der Waals surface area (Å²) in [6, 6.07) is 0. The van der Waals surface area contributed by atoms with Crippen molar-refractivity contribution in [1.29, 1.82) is 0 Å².